The number of nitrogens with zero attached hydrogens (tertiary/aromatic N) is 4. The van der Waals surface area contributed by atoms with E-state index in [1.54, 1.807) is 11.6 Å². The minimum Gasteiger partial charge on any atom is -0.379 e. The van der Waals surface area contributed by atoms with Gasteiger partial charge in [0.2, 0.25) is 11.9 Å². The molecular formula is C20H30N6O3. The first-order chi connectivity index (χ1) is 13.9. The van der Waals surface area contributed by atoms with Gasteiger partial charge in [-0.1, -0.05) is 0 Å². The molecule has 0 atom stereocenters. The van der Waals surface area contributed by atoms with Gasteiger partial charge in [0.05, 0.1) is 18.9 Å². The minimum absolute atomic E-state index is 0.0301. The molecule has 0 radical (unpaired) electrons. The van der Waals surface area contributed by atoms with E-state index in [9.17, 15) is 9.59 Å². The van der Waals surface area contributed by atoms with Crippen LogP contribution in [0.15, 0.2) is 4.79 Å². The fraction of sp³-hybridized carbons (Fsp3) is 0.600. The van der Waals surface area contributed by atoms with Crippen LogP contribution in [0, 0.1) is 27.7 Å². The maximum absolute atomic E-state index is 12.2. The quantitative estimate of drug-likeness (QED) is 0.702. The molecule has 0 spiro atoms. The number of rotatable bonds is 7. The van der Waals surface area contributed by atoms with Gasteiger partial charge in [-0.05, 0) is 39.7 Å². The first-order valence-electron chi connectivity index (χ1n) is 10.1. The standard InChI is InChI=1S/C20H30N6O3/c1-13-14(2)22-20(23-19(13)28)26-16(4)17(15(3)24-26)5-6-18(27)21-7-8-25-9-11-29-12-10-25/h5-12H2,1-4H3,(H,21,27)(H,22,23,28). The van der Waals surface area contributed by atoms with Crippen LogP contribution in [0.4, 0.5) is 0 Å². The summed E-state index contributed by atoms with van der Waals surface area (Å²) in [5.74, 6) is 0.433. The largest absolute Gasteiger partial charge is 0.379 e. The van der Waals surface area contributed by atoms with E-state index in [-0.39, 0.29) is 11.5 Å². The third kappa shape index (κ3) is 5.10. The molecule has 9 heteroatoms. The van der Waals surface area contributed by atoms with E-state index < -0.39 is 0 Å². The van der Waals surface area contributed by atoms with Crippen molar-refractivity contribution in [1.82, 2.24) is 30.0 Å². The van der Waals surface area contributed by atoms with Crippen LogP contribution in [0.1, 0.15) is 34.6 Å². The lowest BCUT2D eigenvalue weighted by Crippen LogP contribution is -2.41. The molecule has 1 fully saturated rings. The number of nitrogens with one attached hydrogen (secondary N) is 2. The number of hydrogen-bond acceptors (Lipinski definition) is 6. The predicted octanol–water partition coefficient (Wildman–Crippen LogP) is 0.570. The first kappa shape index (κ1) is 21.2. The number of carbonyl (C=O) groups excluding carboxylic acids is 1. The Balaban J connectivity index is 1.59. The predicted molar refractivity (Wildman–Crippen MR) is 110 cm³/mol. The zero-order valence-corrected chi connectivity index (χ0v) is 17.7. The van der Waals surface area contributed by atoms with Gasteiger partial charge in [-0.15, -0.1) is 0 Å². The van der Waals surface area contributed by atoms with Gasteiger partial charge in [-0.3, -0.25) is 19.5 Å². The van der Waals surface area contributed by atoms with Crippen LogP contribution < -0.4 is 10.9 Å². The first-order valence-corrected chi connectivity index (χ1v) is 10.1. The highest BCUT2D eigenvalue weighted by molar-refractivity contribution is 5.76. The second-order valence-corrected chi connectivity index (χ2v) is 7.47. The van der Waals surface area contributed by atoms with Crippen molar-refractivity contribution >= 4 is 5.91 Å². The Bertz CT molecular complexity index is 927. The Morgan fingerprint density at radius 2 is 1.90 bits per heavy atom. The normalized spacial score (nSPS) is 14.9. The molecule has 158 valence electrons. The Morgan fingerprint density at radius 3 is 2.59 bits per heavy atom. The molecule has 0 aromatic carbocycles. The SMILES string of the molecule is Cc1nn(-c2nc(C)c(C)c(=O)[nH]2)c(C)c1CCC(=O)NCCN1CCOCC1. The second kappa shape index (κ2) is 9.32. The number of ether oxygens (including phenoxy) is 1. The highest BCUT2D eigenvalue weighted by Gasteiger charge is 2.17. The van der Waals surface area contributed by atoms with Crippen molar-refractivity contribution < 1.29 is 9.53 Å². The van der Waals surface area contributed by atoms with Crippen molar-refractivity contribution in [3.63, 3.8) is 0 Å². The molecule has 1 aliphatic rings. The third-order valence-electron chi connectivity index (χ3n) is 5.48. The summed E-state index contributed by atoms with van der Waals surface area (Å²) in [5, 5.41) is 7.52. The topological polar surface area (TPSA) is 105 Å². The molecule has 29 heavy (non-hydrogen) atoms. The second-order valence-electron chi connectivity index (χ2n) is 7.47. The maximum Gasteiger partial charge on any atom is 0.255 e. The number of carbonyl (C=O) groups is 1. The van der Waals surface area contributed by atoms with Gasteiger partial charge in [0.15, 0.2) is 0 Å². The van der Waals surface area contributed by atoms with Crippen molar-refractivity contribution in [3.05, 3.63) is 38.6 Å². The summed E-state index contributed by atoms with van der Waals surface area (Å²) in [7, 11) is 0. The Labute approximate surface area is 170 Å². The van der Waals surface area contributed by atoms with Gasteiger partial charge in [-0.25, -0.2) is 9.67 Å². The van der Waals surface area contributed by atoms with Crippen molar-refractivity contribution in [1.29, 1.82) is 0 Å². The molecule has 0 aliphatic carbocycles. The number of aromatic nitrogens is 4. The van der Waals surface area contributed by atoms with E-state index >= 15 is 0 Å². The lowest BCUT2D eigenvalue weighted by atomic mass is 10.1. The molecule has 0 unspecified atom stereocenters. The van der Waals surface area contributed by atoms with Crippen molar-refractivity contribution in [3.8, 4) is 5.95 Å². The lowest BCUT2D eigenvalue weighted by molar-refractivity contribution is -0.121. The molecule has 9 nitrogen and oxygen atoms in total. The van der Waals surface area contributed by atoms with Crippen LogP contribution in [0.2, 0.25) is 0 Å². The van der Waals surface area contributed by atoms with Crippen molar-refractivity contribution in [2.45, 2.75) is 40.5 Å². The molecule has 3 heterocycles. The zero-order chi connectivity index (χ0) is 21.0. The van der Waals surface area contributed by atoms with Crippen LogP contribution in [0.3, 0.4) is 0 Å². The summed E-state index contributed by atoms with van der Waals surface area (Å²) in [4.78, 5) is 33.8. The number of morpholine rings is 1. The van der Waals surface area contributed by atoms with Crippen LogP contribution in [-0.2, 0) is 16.0 Å². The minimum atomic E-state index is -0.166. The molecule has 2 N–H and O–H groups in total. The molecule has 1 aliphatic heterocycles. The van der Waals surface area contributed by atoms with E-state index in [1.165, 1.54) is 0 Å². The Morgan fingerprint density at radius 1 is 1.17 bits per heavy atom. The van der Waals surface area contributed by atoms with E-state index in [1.807, 2.05) is 20.8 Å². The van der Waals surface area contributed by atoms with Crippen LogP contribution in [-0.4, -0.2) is 69.9 Å². The highest BCUT2D eigenvalue weighted by Crippen LogP contribution is 2.17. The van der Waals surface area contributed by atoms with E-state index in [0.29, 0.717) is 36.6 Å². The van der Waals surface area contributed by atoms with Crippen LogP contribution >= 0.6 is 0 Å². The van der Waals surface area contributed by atoms with Gasteiger partial charge >= 0.3 is 0 Å². The molecule has 2 aromatic rings. The Hall–Kier alpha value is -2.52. The summed E-state index contributed by atoms with van der Waals surface area (Å²) < 4.78 is 6.98. The Kier molecular flexibility index (Phi) is 6.81. The van der Waals surface area contributed by atoms with Gasteiger partial charge in [-0.2, -0.15) is 5.10 Å². The lowest BCUT2D eigenvalue weighted by Gasteiger charge is -2.26. The third-order valence-corrected chi connectivity index (χ3v) is 5.48. The van der Waals surface area contributed by atoms with Gasteiger partial charge in [0.25, 0.3) is 5.56 Å². The summed E-state index contributed by atoms with van der Waals surface area (Å²) in [6.07, 6.45) is 0.990. The van der Waals surface area contributed by atoms with E-state index in [2.05, 4.69) is 25.3 Å². The fourth-order valence-corrected chi connectivity index (χ4v) is 3.48. The number of amides is 1. The van der Waals surface area contributed by atoms with Gasteiger partial charge < -0.3 is 10.1 Å². The monoisotopic (exact) mass is 402 g/mol. The molecule has 3 rings (SSSR count). The fourth-order valence-electron chi connectivity index (χ4n) is 3.48. The van der Waals surface area contributed by atoms with E-state index in [4.69, 9.17) is 4.74 Å². The van der Waals surface area contributed by atoms with Crippen LogP contribution in [0.5, 0.6) is 0 Å². The summed E-state index contributed by atoms with van der Waals surface area (Å²) in [5.41, 5.74) is 3.84. The smallest absolute Gasteiger partial charge is 0.255 e. The number of hydrogen-bond donors (Lipinski definition) is 2. The molecule has 2 aromatic heterocycles. The van der Waals surface area contributed by atoms with E-state index in [0.717, 1.165) is 49.8 Å². The summed E-state index contributed by atoms with van der Waals surface area (Å²) in [6, 6.07) is 0. The number of aryl methyl sites for hydroxylation is 2. The molecular weight excluding hydrogens is 372 g/mol. The van der Waals surface area contributed by atoms with Crippen molar-refractivity contribution in [2.24, 2.45) is 0 Å². The molecule has 1 saturated heterocycles. The maximum atomic E-state index is 12.2. The average Bonchev–Trinajstić information content (AvgIpc) is 2.98. The highest BCUT2D eigenvalue weighted by atomic mass is 16.5. The van der Waals surface area contributed by atoms with Gasteiger partial charge in [0, 0.05) is 49.6 Å². The average molecular weight is 402 g/mol. The molecule has 0 saturated carbocycles. The van der Waals surface area contributed by atoms with Gasteiger partial charge in [0.1, 0.15) is 0 Å². The molecule has 1 amide bonds. The van der Waals surface area contributed by atoms with Crippen LogP contribution in [0.25, 0.3) is 5.95 Å². The molecule has 0 bridgehead atoms. The summed E-state index contributed by atoms with van der Waals surface area (Å²) >= 11 is 0. The number of aromatic amines is 1. The summed E-state index contributed by atoms with van der Waals surface area (Å²) in [6.45, 7) is 12.2. The van der Waals surface area contributed by atoms with Crippen molar-refractivity contribution in [2.75, 3.05) is 39.4 Å². The zero-order valence-electron chi connectivity index (χ0n) is 17.7. The number of H-pyrrole nitrogens is 1.